The van der Waals surface area contributed by atoms with Crippen molar-refractivity contribution >= 4 is 12.1 Å². The fourth-order valence-corrected chi connectivity index (χ4v) is 3.78. The number of aliphatic hydroxyl groups is 1. The van der Waals surface area contributed by atoms with Gasteiger partial charge in [-0.1, -0.05) is 36.8 Å². The summed E-state index contributed by atoms with van der Waals surface area (Å²) in [5, 5.41) is 9.04. The Hall–Kier alpha value is -2.08. The first kappa shape index (κ1) is 16.8. The second-order valence-electron chi connectivity index (χ2n) is 6.37. The average Bonchev–Trinajstić information content (AvgIpc) is 3.14. The van der Waals surface area contributed by atoms with Gasteiger partial charge in [-0.05, 0) is 24.3 Å². The molecule has 1 aliphatic heterocycles. The van der Waals surface area contributed by atoms with Crippen molar-refractivity contribution in [1.29, 1.82) is 0 Å². The Balaban J connectivity index is 1.58. The van der Waals surface area contributed by atoms with Crippen LogP contribution in [0.15, 0.2) is 30.3 Å². The van der Waals surface area contributed by atoms with Gasteiger partial charge in [0.15, 0.2) is 6.23 Å². The van der Waals surface area contributed by atoms with Crippen molar-refractivity contribution in [2.24, 2.45) is 5.92 Å². The van der Waals surface area contributed by atoms with Crippen LogP contribution in [0.4, 0.5) is 4.79 Å². The summed E-state index contributed by atoms with van der Waals surface area (Å²) < 4.78 is 10.6. The zero-order chi connectivity index (χ0) is 16.9. The van der Waals surface area contributed by atoms with Crippen molar-refractivity contribution in [2.45, 2.75) is 51.0 Å². The van der Waals surface area contributed by atoms with Crippen molar-refractivity contribution in [2.75, 3.05) is 6.61 Å². The van der Waals surface area contributed by atoms with E-state index in [0.717, 1.165) is 24.8 Å². The number of benzene rings is 1. The molecule has 3 atom stereocenters. The molecule has 0 radical (unpaired) electrons. The lowest BCUT2D eigenvalue weighted by Gasteiger charge is -2.28. The van der Waals surface area contributed by atoms with Crippen molar-refractivity contribution < 1.29 is 24.2 Å². The Morgan fingerprint density at radius 3 is 2.75 bits per heavy atom. The minimum atomic E-state index is -0.759. The van der Waals surface area contributed by atoms with Crippen LogP contribution in [0.25, 0.3) is 0 Å². The van der Waals surface area contributed by atoms with Gasteiger partial charge in [0.1, 0.15) is 6.61 Å². The van der Waals surface area contributed by atoms with E-state index < -0.39 is 12.4 Å². The van der Waals surface area contributed by atoms with Crippen LogP contribution in [0.1, 0.15) is 37.7 Å². The van der Waals surface area contributed by atoms with E-state index in [2.05, 4.69) is 0 Å². The number of hydrogen-bond acceptors (Lipinski definition) is 5. The molecule has 2 aliphatic rings. The molecule has 0 bridgehead atoms. The molecule has 0 aromatic heterocycles. The van der Waals surface area contributed by atoms with Crippen LogP contribution in [0.3, 0.4) is 0 Å². The first-order valence-corrected chi connectivity index (χ1v) is 8.48. The highest BCUT2D eigenvalue weighted by molar-refractivity contribution is 5.77. The summed E-state index contributed by atoms with van der Waals surface area (Å²) >= 11 is 0. The van der Waals surface area contributed by atoms with Crippen molar-refractivity contribution in [3.8, 4) is 0 Å². The number of carbonyl (C=O) groups is 2. The summed E-state index contributed by atoms with van der Waals surface area (Å²) in [5.74, 6) is 0.215. The fraction of sp³-hybridized carbons (Fsp3) is 0.556. The fourth-order valence-electron chi connectivity index (χ4n) is 3.78. The first-order chi connectivity index (χ1) is 11.7. The molecule has 130 valence electrons. The predicted octanol–water partition coefficient (Wildman–Crippen LogP) is 2.45. The molecule has 1 aromatic carbocycles. The molecule has 2 fully saturated rings. The quantitative estimate of drug-likeness (QED) is 0.838. The van der Waals surface area contributed by atoms with E-state index in [-0.39, 0.29) is 31.6 Å². The lowest BCUT2D eigenvalue weighted by molar-refractivity contribution is -0.143. The van der Waals surface area contributed by atoms with E-state index in [4.69, 9.17) is 14.6 Å². The highest BCUT2D eigenvalue weighted by Crippen LogP contribution is 2.41. The molecule has 0 spiro atoms. The zero-order valence-corrected chi connectivity index (χ0v) is 13.6. The maximum absolute atomic E-state index is 12.3. The van der Waals surface area contributed by atoms with Gasteiger partial charge in [0.05, 0.1) is 13.0 Å². The predicted molar refractivity (Wildman–Crippen MR) is 85.8 cm³/mol. The number of nitrogens with zero attached hydrogens (tertiary/aromatic N) is 1. The van der Waals surface area contributed by atoms with Crippen molar-refractivity contribution in [1.82, 2.24) is 4.90 Å². The molecule has 24 heavy (non-hydrogen) atoms. The van der Waals surface area contributed by atoms with Gasteiger partial charge in [0, 0.05) is 12.5 Å². The summed E-state index contributed by atoms with van der Waals surface area (Å²) in [6, 6.07) is 9.49. The van der Waals surface area contributed by atoms with Crippen LogP contribution in [0, 0.1) is 5.92 Å². The van der Waals surface area contributed by atoms with Gasteiger partial charge in [-0.15, -0.1) is 0 Å². The Bertz CT molecular complexity index is 576. The minimum Gasteiger partial charge on any atom is -0.429 e. The Morgan fingerprint density at radius 1 is 1.21 bits per heavy atom. The smallest absolute Gasteiger partial charge is 0.429 e. The SMILES string of the molecule is O=C(OCc1ccccc1)O[C@H]1C[C@@H]2CCC[C@@H]2N1C(=O)CCO. The summed E-state index contributed by atoms with van der Waals surface area (Å²) in [6.07, 6.45) is 2.44. The Kier molecular flexibility index (Phi) is 5.35. The third-order valence-electron chi connectivity index (χ3n) is 4.84. The topological polar surface area (TPSA) is 76.1 Å². The van der Waals surface area contributed by atoms with Crippen LogP contribution in [-0.4, -0.2) is 40.9 Å². The second kappa shape index (κ2) is 7.66. The van der Waals surface area contributed by atoms with E-state index in [1.807, 2.05) is 30.3 Å². The number of carbonyl (C=O) groups excluding carboxylic acids is 2. The number of aliphatic hydroxyl groups excluding tert-OH is 1. The van der Waals surface area contributed by atoms with Gasteiger partial charge in [-0.3, -0.25) is 4.79 Å². The normalized spacial score (nSPS) is 25.4. The monoisotopic (exact) mass is 333 g/mol. The summed E-state index contributed by atoms with van der Waals surface area (Å²) in [6.45, 7) is -0.0538. The van der Waals surface area contributed by atoms with E-state index in [1.54, 1.807) is 4.90 Å². The summed E-state index contributed by atoms with van der Waals surface area (Å²) in [4.78, 5) is 25.9. The molecule has 6 nitrogen and oxygen atoms in total. The lowest BCUT2D eigenvalue weighted by Crippen LogP contribution is -2.43. The molecule has 1 amide bonds. The van der Waals surface area contributed by atoms with Crippen LogP contribution in [0.2, 0.25) is 0 Å². The highest BCUT2D eigenvalue weighted by Gasteiger charge is 2.47. The number of rotatable bonds is 5. The van der Waals surface area contributed by atoms with Crippen LogP contribution < -0.4 is 0 Å². The van der Waals surface area contributed by atoms with E-state index >= 15 is 0 Å². The van der Waals surface area contributed by atoms with Crippen LogP contribution in [-0.2, 0) is 20.9 Å². The maximum Gasteiger partial charge on any atom is 0.510 e. The van der Waals surface area contributed by atoms with Gasteiger partial charge in [-0.2, -0.15) is 0 Å². The maximum atomic E-state index is 12.3. The molecule has 1 saturated heterocycles. The number of hydrogen-bond donors (Lipinski definition) is 1. The number of fused-ring (bicyclic) bond motifs is 1. The van der Waals surface area contributed by atoms with E-state index in [0.29, 0.717) is 12.3 Å². The van der Waals surface area contributed by atoms with Gasteiger partial charge in [-0.25, -0.2) is 4.79 Å². The minimum absolute atomic E-state index is 0.0577. The second-order valence-corrected chi connectivity index (χ2v) is 6.37. The molecule has 1 aromatic rings. The van der Waals surface area contributed by atoms with E-state index in [9.17, 15) is 9.59 Å². The highest BCUT2D eigenvalue weighted by atomic mass is 16.7. The largest absolute Gasteiger partial charge is 0.510 e. The van der Waals surface area contributed by atoms with Crippen molar-refractivity contribution in [3.63, 3.8) is 0 Å². The molecule has 3 rings (SSSR count). The molecular weight excluding hydrogens is 310 g/mol. The standard InChI is InChI=1S/C18H23NO5/c20-10-9-16(21)19-15-8-4-7-14(15)11-17(19)24-18(22)23-12-13-5-2-1-3-6-13/h1-3,5-6,14-15,17,20H,4,7-12H2/t14-,15-,17-/m0/s1. The molecule has 1 heterocycles. The molecule has 0 unspecified atom stereocenters. The van der Waals surface area contributed by atoms with Gasteiger partial charge in [0.2, 0.25) is 5.91 Å². The van der Waals surface area contributed by atoms with Gasteiger partial charge < -0.3 is 19.5 Å². The van der Waals surface area contributed by atoms with Gasteiger partial charge >= 0.3 is 6.16 Å². The number of ether oxygens (including phenoxy) is 2. The first-order valence-electron chi connectivity index (χ1n) is 8.48. The van der Waals surface area contributed by atoms with Crippen LogP contribution in [0.5, 0.6) is 0 Å². The van der Waals surface area contributed by atoms with Crippen molar-refractivity contribution in [3.05, 3.63) is 35.9 Å². The third-order valence-corrected chi connectivity index (χ3v) is 4.84. The lowest BCUT2D eigenvalue weighted by atomic mass is 10.0. The molecular formula is C18H23NO5. The molecule has 6 heteroatoms. The Labute approximate surface area is 141 Å². The molecule has 1 aliphatic carbocycles. The number of likely N-dealkylation sites (tertiary alicyclic amines) is 1. The summed E-state index contributed by atoms with van der Waals surface area (Å²) in [7, 11) is 0. The van der Waals surface area contributed by atoms with E-state index in [1.165, 1.54) is 0 Å². The zero-order valence-electron chi connectivity index (χ0n) is 13.6. The number of amides is 1. The van der Waals surface area contributed by atoms with Crippen LogP contribution >= 0.6 is 0 Å². The Morgan fingerprint density at radius 2 is 2.00 bits per heavy atom. The molecule has 1 N–H and O–H groups in total. The summed E-state index contributed by atoms with van der Waals surface area (Å²) in [5.41, 5.74) is 0.881. The molecule has 1 saturated carbocycles. The third kappa shape index (κ3) is 3.70. The van der Waals surface area contributed by atoms with Gasteiger partial charge in [0.25, 0.3) is 0 Å². The average molecular weight is 333 g/mol.